The van der Waals surface area contributed by atoms with Crippen LogP contribution >= 0.6 is 0 Å². The Labute approximate surface area is 88.4 Å². The van der Waals surface area contributed by atoms with E-state index < -0.39 is 0 Å². The second-order valence-corrected chi connectivity index (χ2v) is 4.22. The molecule has 0 aliphatic carbocycles. The fourth-order valence-corrected chi connectivity index (χ4v) is 2.01. The lowest BCUT2D eigenvalue weighted by atomic mass is 9.86. The Bertz CT molecular complexity index is 130. The maximum Gasteiger partial charge on any atom is 0.0465 e. The third kappa shape index (κ3) is 4.94. The van der Waals surface area contributed by atoms with Gasteiger partial charge in [0.05, 0.1) is 0 Å². The summed E-state index contributed by atoms with van der Waals surface area (Å²) in [6, 6.07) is 0.408. The van der Waals surface area contributed by atoms with Crippen LogP contribution in [0.3, 0.4) is 0 Å². The summed E-state index contributed by atoms with van der Waals surface area (Å²) in [7, 11) is 1.74. The number of ether oxygens (including phenoxy) is 1. The van der Waals surface area contributed by atoms with Crippen LogP contribution in [0.25, 0.3) is 0 Å². The Morgan fingerprint density at radius 2 is 1.79 bits per heavy atom. The maximum absolute atomic E-state index is 5.59. The standard InChI is InChI=1S/C11H26N2O/c1-5-6-9(2)11(13-12)10(3)7-8-14-4/h9-11,13H,5-8,12H2,1-4H3. The fraction of sp³-hybridized carbons (Fsp3) is 1.00. The highest BCUT2D eigenvalue weighted by Gasteiger charge is 2.21. The molecule has 0 heterocycles. The second kappa shape index (κ2) is 8.21. The van der Waals surface area contributed by atoms with E-state index in [1.54, 1.807) is 7.11 Å². The van der Waals surface area contributed by atoms with Gasteiger partial charge in [-0.05, 0) is 24.7 Å². The van der Waals surface area contributed by atoms with E-state index in [2.05, 4.69) is 26.2 Å². The van der Waals surface area contributed by atoms with Crippen LogP contribution in [-0.4, -0.2) is 19.8 Å². The van der Waals surface area contributed by atoms with Gasteiger partial charge >= 0.3 is 0 Å². The van der Waals surface area contributed by atoms with Crippen molar-refractivity contribution in [3.05, 3.63) is 0 Å². The van der Waals surface area contributed by atoms with E-state index in [1.807, 2.05) is 0 Å². The predicted molar refractivity (Wildman–Crippen MR) is 60.8 cm³/mol. The quantitative estimate of drug-likeness (QED) is 0.467. The molecule has 3 N–H and O–H groups in total. The van der Waals surface area contributed by atoms with Gasteiger partial charge in [-0.1, -0.05) is 27.2 Å². The van der Waals surface area contributed by atoms with Gasteiger partial charge in [-0.2, -0.15) is 0 Å². The Morgan fingerprint density at radius 3 is 2.21 bits per heavy atom. The molecule has 0 aromatic rings. The van der Waals surface area contributed by atoms with Crippen LogP contribution in [0.1, 0.15) is 40.0 Å². The molecule has 0 saturated carbocycles. The van der Waals surface area contributed by atoms with Gasteiger partial charge in [0.25, 0.3) is 0 Å². The highest BCUT2D eigenvalue weighted by molar-refractivity contribution is 4.76. The van der Waals surface area contributed by atoms with Gasteiger partial charge in [-0.3, -0.25) is 11.3 Å². The summed E-state index contributed by atoms with van der Waals surface area (Å²) < 4.78 is 5.08. The van der Waals surface area contributed by atoms with E-state index in [0.29, 0.717) is 17.9 Å². The van der Waals surface area contributed by atoms with Crippen molar-refractivity contribution in [1.82, 2.24) is 5.43 Å². The van der Waals surface area contributed by atoms with Crippen molar-refractivity contribution < 1.29 is 4.74 Å². The molecule has 0 spiro atoms. The number of nitrogens with two attached hydrogens (primary N) is 1. The zero-order valence-corrected chi connectivity index (χ0v) is 10.0. The topological polar surface area (TPSA) is 47.3 Å². The molecule has 86 valence electrons. The molecule has 0 fully saturated rings. The molecule has 0 amide bonds. The van der Waals surface area contributed by atoms with Crippen molar-refractivity contribution in [2.24, 2.45) is 17.7 Å². The zero-order chi connectivity index (χ0) is 11.0. The van der Waals surface area contributed by atoms with E-state index in [4.69, 9.17) is 10.6 Å². The van der Waals surface area contributed by atoms with Crippen LogP contribution in [0.15, 0.2) is 0 Å². The summed E-state index contributed by atoms with van der Waals surface area (Å²) >= 11 is 0. The van der Waals surface area contributed by atoms with E-state index >= 15 is 0 Å². The second-order valence-electron chi connectivity index (χ2n) is 4.22. The van der Waals surface area contributed by atoms with Crippen molar-refractivity contribution >= 4 is 0 Å². The van der Waals surface area contributed by atoms with Gasteiger partial charge in [0, 0.05) is 19.8 Å². The lowest BCUT2D eigenvalue weighted by molar-refractivity contribution is 0.158. The Hall–Kier alpha value is -0.120. The molecule has 0 aliphatic rings. The van der Waals surface area contributed by atoms with Gasteiger partial charge in [0.15, 0.2) is 0 Å². The van der Waals surface area contributed by atoms with Gasteiger partial charge in [-0.25, -0.2) is 0 Å². The maximum atomic E-state index is 5.59. The molecule has 0 rings (SSSR count). The third-order valence-corrected chi connectivity index (χ3v) is 2.94. The van der Waals surface area contributed by atoms with E-state index in [1.165, 1.54) is 12.8 Å². The van der Waals surface area contributed by atoms with Gasteiger partial charge < -0.3 is 4.74 Å². The summed E-state index contributed by atoms with van der Waals surface area (Å²) in [6.45, 7) is 7.52. The third-order valence-electron chi connectivity index (χ3n) is 2.94. The molecule has 3 atom stereocenters. The smallest absolute Gasteiger partial charge is 0.0465 e. The molecular formula is C11H26N2O. The van der Waals surface area contributed by atoms with Crippen molar-refractivity contribution in [3.8, 4) is 0 Å². The first-order chi connectivity index (χ1) is 6.67. The number of rotatable bonds is 8. The minimum Gasteiger partial charge on any atom is -0.385 e. The Morgan fingerprint density at radius 1 is 1.21 bits per heavy atom. The average Bonchev–Trinajstić information content (AvgIpc) is 2.16. The molecule has 0 aromatic heterocycles. The minimum absolute atomic E-state index is 0.408. The lowest BCUT2D eigenvalue weighted by Crippen LogP contribution is -2.44. The number of hydrogen-bond donors (Lipinski definition) is 2. The monoisotopic (exact) mass is 202 g/mol. The number of nitrogens with one attached hydrogen (secondary N) is 1. The zero-order valence-electron chi connectivity index (χ0n) is 10.0. The van der Waals surface area contributed by atoms with Crippen LogP contribution < -0.4 is 11.3 Å². The van der Waals surface area contributed by atoms with Crippen LogP contribution in [0, 0.1) is 11.8 Å². The van der Waals surface area contributed by atoms with Crippen LogP contribution in [-0.2, 0) is 4.74 Å². The predicted octanol–water partition coefficient (Wildman–Crippen LogP) is 1.93. The molecule has 14 heavy (non-hydrogen) atoms. The highest BCUT2D eigenvalue weighted by atomic mass is 16.5. The van der Waals surface area contributed by atoms with Crippen LogP contribution in [0.2, 0.25) is 0 Å². The summed E-state index contributed by atoms with van der Waals surface area (Å²) in [5, 5.41) is 0. The molecule has 0 aliphatic heterocycles. The van der Waals surface area contributed by atoms with Gasteiger partial charge in [-0.15, -0.1) is 0 Å². The SMILES string of the molecule is CCCC(C)C(NN)C(C)CCOC. The van der Waals surface area contributed by atoms with Crippen molar-refractivity contribution in [1.29, 1.82) is 0 Å². The van der Waals surface area contributed by atoms with E-state index in [9.17, 15) is 0 Å². The Kier molecular flexibility index (Phi) is 8.14. The average molecular weight is 202 g/mol. The first kappa shape index (κ1) is 13.9. The largest absolute Gasteiger partial charge is 0.385 e. The number of methoxy groups -OCH3 is 1. The molecule has 0 bridgehead atoms. The first-order valence-electron chi connectivity index (χ1n) is 5.62. The molecule has 0 radical (unpaired) electrons. The summed E-state index contributed by atoms with van der Waals surface area (Å²) in [5.74, 6) is 6.79. The number of hydrazine groups is 1. The normalized spacial score (nSPS) is 17.8. The summed E-state index contributed by atoms with van der Waals surface area (Å²) in [4.78, 5) is 0. The van der Waals surface area contributed by atoms with Crippen LogP contribution in [0.5, 0.6) is 0 Å². The lowest BCUT2D eigenvalue weighted by Gasteiger charge is -2.28. The fourth-order valence-electron chi connectivity index (χ4n) is 2.01. The Balaban J connectivity index is 3.96. The minimum atomic E-state index is 0.408. The molecule has 3 heteroatoms. The highest BCUT2D eigenvalue weighted by Crippen LogP contribution is 2.19. The van der Waals surface area contributed by atoms with Crippen molar-refractivity contribution in [2.75, 3.05) is 13.7 Å². The number of hydrogen-bond acceptors (Lipinski definition) is 3. The molecular weight excluding hydrogens is 176 g/mol. The molecule has 3 unspecified atom stereocenters. The van der Waals surface area contributed by atoms with E-state index in [0.717, 1.165) is 13.0 Å². The van der Waals surface area contributed by atoms with Crippen LogP contribution in [0.4, 0.5) is 0 Å². The van der Waals surface area contributed by atoms with Gasteiger partial charge in [0.2, 0.25) is 0 Å². The van der Waals surface area contributed by atoms with E-state index in [-0.39, 0.29) is 0 Å². The van der Waals surface area contributed by atoms with Crippen molar-refractivity contribution in [2.45, 2.75) is 46.1 Å². The van der Waals surface area contributed by atoms with Crippen molar-refractivity contribution in [3.63, 3.8) is 0 Å². The summed E-state index contributed by atoms with van der Waals surface area (Å²) in [5.41, 5.74) is 2.94. The molecule has 0 aromatic carbocycles. The van der Waals surface area contributed by atoms with Gasteiger partial charge in [0.1, 0.15) is 0 Å². The summed E-state index contributed by atoms with van der Waals surface area (Å²) in [6.07, 6.45) is 3.52. The molecule has 3 nitrogen and oxygen atoms in total. The first-order valence-corrected chi connectivity index (χ1v) is 5.62. The molecule has 0 saturated heterocycles.